The second-order valence-electron chi connectivity index (χ2n) is 4.51. The summed E-state index contributed by atoms with van der Waals surface area (Å²) in [6.45, 7) is 4.31. The van der Waals surface area contributed by atoms with E-state index in [2.05, 4.69) is 30.6 Å². The van der Waals surface area contributed by atoms with E-state index < -0.39 is 0 Å². The normalized spacial score (nSPS) is 12.7. The molecule has 2 aromatic rings. The smallest absolute Gasteiger partial charge is 0.141 e. The molecule has 0 spiro atoms. The molecule has 1 heterocycles. The third-order valence-electron chi connectivity index (χ3n) is 2.76. The lowest BCUT2D eigenvalue weighted by atomic mass is 10.0. The van der Waals surface area contributed by atoms with Gasteiger partial charge in [0.2, 0.25) is 0 Å². The number of hydrogen-bond donors (Lipinski definition) is 1. The fourth-order valence-corrected chi connectivity index (χ4v) is 2.93. The average Bonchev–Trinajstić information content (AvgIpc) is 2.83. The minimum Gasteiger partial charge on any atom is -0.377 e. The van der Waals surface area contributed by atoms with Crippen molar-refractivity contribution in [2.45, 2.75) is 19.9 Å². The van der Waals surface area contributed by atoms with Crippen LogP contribution in [0.25, 0.3) is 0 Å². The molecule has 0 fully saturated rings. The number of anilines is 1. The van der Waals surface area contributed by atoms with Crippen molar-refractivity contribution in [2.75, 3.05) is 5.32 Å². The number of nitrogens with one attached hydrogen (secondary N) is 1. The number of thiophene rings is 1. The minimum absolute atomic E-state index is 0.147. The predicted octanol–water partition coefficient (Wildman–Crippen LogP) is 5.35. The summed E-state index contributed by atoms with van der Waals surface area (Å²) in [5.74, 6) is 0.0481. The van der Waals surface area contributed by atoms with Crippen molar-refractivity contribution in [2.24, 2.45) is 5.92 Å². The fourth-order valence-electron chi connectivity index (χ4n) is 1.80. The summed E-state index contributed by atoms with van der Waals surface area (Å²) in [6.07, 6.45) is 0. The van der Waals surface area contributed by atoms with E-state index in [0.29, 0.717) is 5.92 Å². The third kappa shape index (κ3) is 3.03. The van der Waals surface area contributed by atoms with Crippen LogP contribution in [0, 0.1) is 11.7 Å². The second kappa shape index (κ2) is 5.72. The molecular formula is C14H15ClFNS. The first-order chi connectivity index (χ1) is 8.58. The highest BCUT2D eigenvalue weighted by molar-refractivity contribution is 7.10. The van der Waals surface area contributed by atoms with Gasteiger partial charge in [0.1, 0.15) is 5.82 Å². The van der Waals surface area contributed by atoms with Crippen LogP contribution in [-0.2, 0) is 0 Å². The lowest BCUT2D eigenvalue weighted by Crippen LogP contribution is -2.15. The molecule has 0 amide bonds. The Hall–Kier alpha value is -1.06. The van der Waals surface area contributed by atoms with Crippen LogP contribution in [0.2, 0.25) is 5.02 Å². The topological polar surface area (TPSA) is 12.0 Å². The van der Waals surface area contributed by atoms with Gasteiger partial charge in [-0.15, -0.1) is 11.3 Å². The molecule has 4 heteroatoms. The summed E-state index contributed by atoms with van der Waals surface area (Å²) < 4.78 is 13.1. The first-order valence-corrected chi connectivity index (χ1v) is 7.08. The molecule has 0 saturated carbocycles. The molecule has 18 heavy (non-hydrogen) atoms. The van der Waals surface area contributed by atoms with E-state index in [0.717, 1.165) is 5.69 Å². The van der Waals surface area contributed by atoms with E-state index in [4.69, 9.17) is 11.6 Å². The van der Waals surface area contributed by atoms with E-state index in [1.807, 2.05) is 6.07 Å². The monoisotopic (exact) mass is 283 g/mol. The van der Waals surface area contributed by atoms with Crippen LogP contribution in [0.5, 0.6) is 0 Å². The SMILES string of the molecule is CC(C)C(Nc1ccc(F)c(Cl)c1)c1cccs1. The van der Waals surface area contributed by atoms with Crippen molar-refractivity contribution in [3.05, 3.63) is 51.4 Å². The van der Waals surface area contributed by atoms with Gasteiger partial charge in [-0.2, -0.15) is 0 Å². The molecule has 1 aromatic heterocycles. The predicted molar refractivity (Wildman–Crippen MR) is 76.9 cm³/mol. The van der Waals surface area contributed by atoms with Crippen LogP contribution >= 0.6 is 22.9 Å². The van der Waals surface area contributed by atoms with Gasteiger partial charge in [0.05, 0.1) is 11.1 Å². The lowest BCUT2D eigenvalue weighted by molar-refractivity contribution is 0.553. The van der Waals surface area contributed by atoms with Crippen molar-refractivity contribution < 1.29 is 4.39 Å². The van der Waals surface area contributed by atoms with Gasteiger partial charge < -0.3 is 5.32 Å². The molecule has 1 atom stereocenters. The van der Waals surface area contributed by atoms with Crippen LogP contribution in [0.3, 0.4) is 0 Å². The molecule has 96 valence electrons. The molecule has 2 rings (SSSR count). The maximum atomic E-state index is 13.1. The largest absolute Gasteiger partial charge is 0.377 e. The summed E-state index contributed by atoms with van der Waals surface area (Å²) in [5.41, 5.74) is 0.841. The van der Waals surface area contributed by atoms with Crippen molar-refractivity contribution in [1.29, 1.82) is 0 Å². The maximum Gasteiger partial charge on any atom is 0.141 e. The Morgan fingerprint density at radius 2 is 2.06 bits per heavy atom. The van der Waals surface area contributed by atoms with Crippen LogP contribution < -0.4 is 5.32 Å². The van der Waals surface area contributed by atoms with Crippen molar-refractivity contribution in [3.63, 3.8) is 0 Å². The number of rotatable bonds is 4. The van der Waals surface area contributed by atoms with E-state index in [9.17, 15) is 4.39 Å². The van der Waals surface area contributed by atoms with Gasteiger partial charge in [0.25, 0.3) is 0 Å². The van der Waals surface area contributed by atoms with Crippen molar-refractivity contribution in [3.8, 4) is 0 Å². The Kier molecular flexibility index (Phi) is 4.25. The Bertz CT molecular complexity index is 511. The number of halogens is 2. The fraction of sp³-hybridized carbons (Fsp3) is 0.286. The van der Waals surface area contributed by atoms with Gasteiger partial charge in [-0.05, 0) is 35.6 Å². The van der Waals surface area contributed by atoms with Crippen LogP contribution in [0.4, 0.5) is 10.1 Å². The van der Waals surface area contributed by atoms with Gasteiger partial charge in [-0.3, -0.25) is 0 Å². The highest BCUT2D eigenvalue weighted by atomic mass is 35.5. The number of hydrogen-bond acceptors (Lipinski definition) is 2. The van der Waals surface area contributed by atoms with Gasteiger partial charge >= 0.3 is 0 Å². The van der Waals surface area contributed by atoms with E-state index in [1.54, 1.807) is 23.5 Å². The van der Waals surface area contributed by atoms with Crippen molar-refractivity contribution >= 4 is 28.6 Å². The molecular weight excluding hydrogens is 269 g/mol. The molecule has 0 radical (unpaired) electrons. The molecule has 0 aliphatic heterocycles. The van der Waals surface area contributed by atoms with E-state index in [-0.39, 0.29) is 16.9 Å². The standard InChI is InChI=1S/C14H15ClFNS/c1-9(2)14(13-4-3-7-18-13)17-10-5-6-12(16)11(15)8-10/h3-9,14,17H,1-2H3. The van der Waals surface area contributed by atoms with Crippen LogP contribution in [-0.4, -0.2) is 0 Å². The first-order valence-electron chi connectivity index (χ1n) is 5.83. The minimum atomic E-state index is -0.389. The Balaban J connectivity index is 2.21. The average molecular weight is 284 g/mol. The van der Waals surface area contributed by atoms with E-state index in [1.165, 1.54) is 10.9 Å². The molecule has 0 aliphatic rings. The summed E-state index contributed by atoms with van der Waals surface area (Å²) in [6, 6.07) is 9.08. The van der Waals surface area contributed by atoms with Gasteiger partial charge in [0, 0.05) is 10.6 Å². The molecule has 1 nitrogen and oxygen atoms in total. The zero-order valence-corrected chi connectivity index (χ0v) is 11.9. The molecule has 1 unspecified atom stereocenters. The number of benzene rings is 1. The van der Waals surface area contributed by atoms with Gasteiger partial charge in [0.15, 0.2) is 0 Å². The molecule has 0 bridgehead atoms. The molecule has 0 aliphatic carbocycles. The Morgan fingerprint density at radius 1 is 1.28 bits per heavy atom. The van der Waals surface area contributed by atoms with Crippen LogP contribution in [0.1, 0.15) is 24.8 Å². The van der Waals surface area contributed by atoms with Crippen LogP contribution in [0.15, 0.2) is 35.7 Å². The van der Waals surface area contributed by atoms with Crippen molar-refractivity contribution in [1.82, 2.24) is 0 Å². The third-order valence-corrected chi connectivity index (χ3v) is 4.00. The highest BCUT2D eigenvalue weighted by Gasteiger charge is 2.16. The first kappa shape index (κ1) is 13.4. The molecule has 0 saturated heterocycles. The Morgan fingerprint density at radius 3 is 2.61 bits per heavy atom. The zero-order valence-electron chi connectivity index (χ0n) is 10.3. The van der Waals surface area contributed by atoms with E-state index >= 15 is 0 Å². The Labute approximate surface area is 116 Å². The molecule has 1 aromatic carbocycles. The van der Waals surface area contributed by atoms with Gasteiger partial charge in [-0.1, -0.05) is 31.5 Å². The van der Waals surface area contributed by atoms with Gasteiger partial charge in [-0.25, -0.2) is 4.39 Å². The lowest BCUT2D eigenvalue weighted by Gasteiger charge is -2.22. The quantitative estimate of drug-likeness (QED) is 0.797. The summed E-state index contributed by atoms with van der Waals surface area (Å²) in [5, 5.41) is 5.61. The summed E-state index contributed by atoms with van der Waals surface area (Å²) in [7, 11) is 0. The maximum absolute atomic E-state index is 13.1. The second-order valence-corrected chi connectivity index (χ2v) is 5.90. The molecule has 1 N–H and O–H groups in total. The zero-order chi connectivity index (χ0) is 13.1. The highest BCUT2D eigenvalue weighted by Crippen LogP contribution is 2.30. The summed E-state index contributed by atoms with van der Waals surface area (Å²) >= 11 is 7.51. The summed E-state index contributed by atoms with van der Waals surface area (Å²) in [4.78, 5) is 1.27.